The monoisotopic (exact) mass is 472 g/mol. The first-order valence-corrected chi connectivity index (χ1v) is 11.9. The number of carbonyl (C=O) groups is 2. The topological polar surface area (TPSA) is 67.2 Å². The molecule has 3 aromatic rings. The van der Waals surface area contributed by atoms with Crippen LogP contribution in [0.1, 0.15) is 24.8 Å². The molecule has 1 aliphatic heterocycles. The third-order valence-corrected chi connectivity index (χ3v) is 6.50. The van der Waals surface area contributed by atoms with Crippen molar-refractivity contribution in [1.29, 1.82) is 0 Å². The predicted octanol–water partition coefficient (Wildman–Crippen LogP) is 4.09. The summed E-state index contributed by atoms with van der Waals surface area (Å²) in [4.78, 5) is 31.2. The van der Waals surface area contributed by atoms with E-state index in [9.17, 15) is 18.4 Å². The zero-order valence-corrected chi connectivity index (χ0v) is 18.9. The molecule has 2 heterocycles. The molecule has 1 aliphatic rings. The molecule has 0 atom stereocenters. The van der Waals surface area contributed by atoms with Crippen molar-refractivity contribution in [3.8, 4) is 0 Å². The number of nitrogens with zero attached hydrogens (tertiary/aromatic N) is 3. The van der Waals surface area contributed by atoms with E-state index < -0.39 is 5.76 Å². The molecule has 1 saturated heterocycles. The summed E-state index contributed by atoms with van der Waals surface area (Å²) in [5.74, 6) is -2.73. The number of halogens is 2. The van der Waals surface area contributed by atoms with Crippen molar-refractivity contribution in [2.75, 3.05) is 13.1 Å². The molecular weight excluding hydrogens is 446 g/mol. The number of thioether (sulfide) groups is 1. The third kappa shape index (κ3) is 6.10. The highest BCUT2D eigenvalue weighted by molar-refractivity contribution is 7.99. The lowest BCUT2D eigenvalue weighted by molar-refractivity contribution is -0.133. The third-order valence-electron chi connectivity index (χ3n) is 5.80. The summed E-state index contributed by atoms with van der Waals surface area (Å²) in [6.45, 7) is 1.00. The summed E-state index contributed by atoms with van der Waals surface area (Å²) >= 11 is 0.350. The van der Waals surface area contributed by atoms with Crippen molar-refractivity contribution in [3.63, 3.8) is 0 Å². The molecule has 0 bridgehead atoms. The molecule has 0 aliphatic carbocycles. The van der Waals surface area contributed by atoms with Crippen LogP contribution in [0.15, 0.2) is 59.8 Å². The average molecular weight is 473 g/mol. The average Bonchev–Trinajstić information content (AvgIpc) is 3.15. The van der Waals surface area contributed by atoms with E-state index in [1.807, 2.05) is 30.3 Å². The van der Waals surface area contributed by atoms with Crippen molar-refractivity contribution >= 4 is 34.6 Å². The summed E-state index contributed by atoms with van der Waals surface area (Å²) in [5, 5.41) is 3.21. The second kappa shape index (κ2) is 10.8. The van der Waals surface area contributed by atoms with Gasteiger partial charge in [0, 0.05) is 25.6 Å². The molecule has 9 heteroatoms. The molecule has 0 spiro atoms. The molecule has 2 aromatic carbocycles. The fourth-order valence-corrected chi connectivity index (χ4v) is 4.69. The summed E-state index contributed by atoms with van der Waals surface area (Å²) in [6, 6.07) is 17.0. The molecule has 6 nitrogen and oxygen atoms in total. The molecular formula is C24H26F2N4O2S. The lowest BCUT2D eigenvalue weighted by Crippen LogP contribution is -2.47. The molecule has 0 radical (unpaired) electrons. The van der Waals surface area contributed by atoms with Crippen LogP contribution in [0, 0.1) is 0 Å². The highest BCUT2D eigenvalue weighted by Gasteiger charge is 2.25. The van der Waals surface area contributed by atoms with Gasteiger partial charge in [-0.1, -0.05) is 42.5 Å². The molecule has 174 valence electrons. The van der Waals surface area contributed by atoms with Crippen LogP contribution in [0.2, 0.25) is 0 Å². The largest absolute Gasteiger partial charge is 0.353 e. The highest BCUT2D eigenvalue weighted by atomic mass is 32.2. The zero-order valence-electron chi connectivity index (χ0n) is 18.1. The number of aromatic nitrogens is 2. The van der Waals surface area contributed by atoms with E-state index in [1.165, 1.54) is 0 Å². The van der Waals surface area contributed by atoms with E-state index in [4.69, 9.17) is 0 Å². The summed E-state index contributed by atoms with van der Waals surface area (Å²) in [6.07, 6.45) is 2.47. The van der Waals surface area contributed by atoms with Gasteiger partial charge in [0.05, 0.1) is 11.0 Å². The fourth-order valence-electron chi connectivity index (χ4n) is 4.09. The number of hydrogen-bond acceptors (Lipinski definition) is 4. The molecule has 1 N–H and O–H groups in total. The molecule has 4 rings (SSSR count). The summed E-state index contributed by atoms with van der Waals surface area (Å²) in [7, 11) is 0. The molecule has 0 saturated carbocycles. The van der Waals surface area contributed by atoms with Crippen LogP contribution < -0.4 is 5.32 Å². The maximum atomic E-state index is 13.0. The predicted molar refractivity (Wildman–Crippen MR) is 124 cm³/mol. The number of amides is 2. The summed E-state index contributed by atoms with van der Waals surface area (Å²) < 4.78 is 27.6. The molecule has 1 fully saturated rings. The Kier molecular flexibility index (Phi) is 7.59. The van der Waals surface area contributed by atoms with Crippen molar-refractivity contribution in [3.05, 3.63) is 60.2 Å². The first kappa shape index (κ1) is 23.2. The van der Waals surface area contributed by atoms with Gasteiger partial charge in [0.15, 0.2) is 5.16 Å². The number of imidazole rings is 1. The van der Waals surface area contributed by atoms with Crippen LogP contribution in [-0.4, -0.2) is 51.2 Å². The van der Waals surface area contributed by atoms with Gasteiger partial charge in [-0.2, -0.15) is 8.78 Å². The van der Waals surface area contributed by atoms with Gasteiger partial charge in [-0.25, -0.2) is 4.98 Å². The van der Waals surface area contributed by atoms with Crippen LogP contribution in [0.25, 0.3) is 11.0 Å². The highest BCUT2D eigenvalue weighted by Crippen LogP contribution is 2.28. The minimum Gasteiger partial charge on any atom is -0.353 e. The molecule has 33 heavy (non-hydrogen) atoms. The van der Waals surface area contributed by atoms with Gasteiger partial charge >= 0.3 is 0 Å². The Morgan fingerprint density at radius 2 is 1.76 bits per heavy atom. The number of carbonyl (C=O) groups excluding carboxylic acids is 2. The number of piperidine rings is 1. The standard InChI is InChI=1S/C24H26F2N4O2S/c25-23(26)33-24-28-19-8-4-5-9-20(19)30(24)16-22(32)29-14-12-18(13-15-29)27-21(31)11-10-17-6-2-1-3-7-17/h1-9,18,23H,10-16H2,(H,27,31). The van der Waals surface area contributed by atoms with Gasteiger partial charge in [-0.05, 0) is 48.7 Å². The second-order valence-electron chi connectivity index (χ2n) is 8.06. The normalized spacial score (nSPS) is 14.7. The van der Waals surface area contributed by atoms with E-state index in [2.05, 4.69) is 10.3 Å². The van der Waals surface area contributed by atoms with Gasteiger partial charge in [0.2, 0.25) is 11.8 Å². The maximum absolute atomic E-state index is 13.0. The Bertz CT molecular complexity index is 1100. The zero-order chi connectivity index (χ0) is 23.2. The lowest BCUT2D eigenvalue weighted by atomic mass is 10.0. The minimum atomic E-state index is -2.61. The number of alkyl halides is 2. The Hall–Kier alpha value is -2.94. The smallest absolute Gasteiger partial charge is 0.291 e. The first-order valence-electron chi connectivity index (χ1n) is 11.0. The van der Waals surface area contributed by atoms with Crippen molar-refractivity contribution in [1.82, 2.24) is 19.8 Å². The van der Waals surface area contributed by atoms with E-state index >= 15 is 0 Å². The number of rotatable bonds is 8. The van der Waals surface area contributed by atoms with Crippen LogP contribution in [-0.2, 0) is 22.6 Å². The Labute approximate surface area is 195 Å². The van der Waals surface area contributed by atoms with Crippen LogP contribution >= 0.6 is 11.8 Å². The minimum absolute atomic E-state index is 0.0159. The SMILES string of the molecule is O=C(CCc1ccccc1)NC1CCN(C(=O)Cn2c(SC(F)F)nc3ccccc32)CC1. The quantitative estimate of drug-likeness (QED) is 0.502. The van der Waals surface area contributed by atoms with Gasteiger partial charge in [0.25, 0.3) is 5.76 Å². The van der Waals surface area contributed by atoms with Crippen molar-refractivity contribution < 1.29 is 18.4 Å². The fraction of sp³-hybridized carbons (Fsp3) is 0.375. The van der Waals surface area contributed by atoms with Crippen LogP contribution in [0.4, 0.5) is 8.78 Å². The Morgan fingerprint density at radius 3 is 2.48 bits per heavy atom. The summed E-state index contributed by atoms with van der Waals surface area (Å²) in [5.41, 5.74) is 2.38. The Balaban J connectivity index is 1.29. The van der Waals surface area contributed by atoms with E-state index in [1.54, 1.807) is 33.7 Å². The van der Waals surface area contributed by atoms with Crippen molar-refractivity contribution in [2.45, 2.75) is 49.2 Å². The van der Waals surface area contributed by atoms with Gasteiger partial charge in [-0.15, -0.1) is 0 Å². The van der Waals surface area contributed by atoms with Gasteiger partial charge in [0.1, 0.15) is 6.54 Å². The number of aryl methyl sites for hydroxylation is 1. The number of hydrogen-bond donors (Lipinski definition) is 1. The van der Waals surface area contributed by atoms with Gasteiger partial charge < -0.3 is 14.8 Å². The maximum Gasteiger partial charge on any atom is 0.291 e. The lowest BCUT2D eigenvalue weighted by Gasteiger charge is -2.32. The second-order valence-corrected chi connectivity index (χ2v) is 9.01. The first-order chi connectivity index (χ1) is 16.0. The Morgan fingerprint density at radius 1 is 1.06 bits per heavy atom. The van der Waals surface area contributed by atoms with Crippen molar-refractivity contribution in [2.24, 2.45) is 0 Å². The number of nitrogens with one attached hydrogen (secondary N) is 1. The number of benzene rings is 2. The molecule has 0 unspecified atom stereocenters. The van der Waals surface area contributed by atoms with E-state index in [0.717, 1.165) is 5.56 Å². The number of fused-ring (bicyclic) bond motifs is 1. The van der Waals surface area contributed by atoms with E-state index in [0.29, 0.717) is 61.6 Å². The van der Waals surface area contributed by atoms with Crippen LogP contribution in [0.5, 0.6) is 0 Å². The van der Waals surface area contributed by atoms with Gasteiger partial charge in [-0.3, -0.25) is 9.59 Å². The number of para-hydroxylation sites is 2. The number of likely N-dealkylation sites (tertiary alicyclic amines) is 1. The molecule has 1 aromatic heterocycles. The molecule has 2 amide bonds. The van der Waals surface area contributed by atoms with Crippen LogP contribution in [0.3, 0.4) is 0 Å². The van der Waals surface area contributed by atoms with E-state index in [-0.39, 0.29) is 29.6 Å².